The minimum atomic E-state index is -0.130. The van der Waals surface area contributed by atoms with Gasteiger partial charge in [0.2, 0.25) is 5.43 Å². The van der Waals surface area contributed by atoms with Gasteiger partial charge in [-0.25, -0.2) is 0 Å². The maximum Gasteiger partial charge on any atom is 0.204 e. The van der Waals surface area contributed by atoms with Crippen LogP contribution in [0, 0.1) is 5.92 Å². The van der Waals surface area contributed by atoms with E-state index in [1.54, 1.807) is 12.4 Å². The molecule has 0 spiro atoms. The Morgan fingerprint density at radius 1 is 1.53 bits per heavy atom. The molecule has 0 radical (unpaired) electrons. The molecule has 4 heteroatoms. The lowest BCUT2D eigenvalue weighted by atomic mass is 10.2. The van der Waals surface area contributed by atoms with Gasteiger partial charge in [-0.05, 0) is 5.92 Å². The molecule has 0 bridgehead atoms. The fraction of sp³-hybridized carbons (Fsp3) is 0.545. The molecule has 0 amide bonds. The second kappa shape index (κ2) is 5.56. The molecule has 0 aromatic carbocycles. The van der Waals surface area contributed by atoms with Crippen molar-refractivity contribution in [2.45, 2.75) is 20.4 Å². The Morgan fingerprint density at radius 3 is 2.87 bits per heavy atom. The molecule has 0 saturated carbocycles. The summed E-state index contributed by atoms with van der Waals surface area (Å²) in [5.74, 6) is 0.545. The molecular formula is C11H18N2O2. The van der Waals surface area contributed by atoms with Crippen molar-refractivity contribution in [2.75, 3.05) is 18.9 Å². The molecule has 2 N–H and O–H groups in total. The summed E-state index contributed by atoms with van der Waals surface area (Å²) in [4.78, 5) is 11.0. The Bertz CT molecular complexity index is 358. The summed E-state index contributed by atoms with van der Waals surface area (Å²) in [5, 5.41) is 0. The molecular weight excluding hydrogens is 192 g/mol. The fourth-order valence-corrected chi connectivity index (χ4v) is 1.17. The maximum absolute atomic E-state index is 11.0. The van der Waals surface area contributed by atoms with Gasteiger partial charge in [0.25, 0.3) is 0 Å². The second-order valence-electron chi connectivity index (χ2n) is 3.97. The molecule has 0 atom stereocenters. The standard InChI is InChI=1S/C11H18N2O2/c1-9(2)8-15-6-5-13-4-3-11(14)10(12)7-13/h3-4,7,9H,5-6,8,12H2,1-2H3. The minimum Gasteiger partial charge on any atom is -0.394 e. The first kappa shape index (κ1) is 11.8. The van der Waals surface area contributed by atoms with Crippen LogP contribution in [-0.2, 0) is 11.3 Å². The predicted octanol–water partition coefficient (Wildman–Crippen LogP) is 1.10. The van der Waals surface area contributed by atoms with E-state index in [1.165, 1.54) is 6.07 Å². The zero-order chi connectivity index (χ0) is 11.3. The third-order valence-electron chi connectivity index (χ3n) is 1.95. The largest absolute Gasteiger partial charge is 0.394 e. The van der Waals surface area contributed by atoms with Crippen LogP contribution >= 0.6 is 0 Å². The summed E-state index contributed by atoms with van der Waals surface area (Å²) in [6.07, 6.45) is 3.36. The van der Waals surface area contributed by atoms with Gasteiger partial charge in [0.1, 0.15) is 0 Å². The van der Waals surface area contributed by atoms with Crippen LogP contribution < -0.4 is 11.2 Å². The average molecular weight is 210 g/mol. The average Bonchev–Trinajstić information content (AvgIpc) is 2.18. The fourth-order valence-electron chi connectivity index (χ4n) is 1.17. The van der Waals surface area contributed by atoms with Crippen molar-refractivity contribution in [1.82, 2.24) is 4.57 Å². The highest BCUT2D eigenvalue weighted by Crippen LogP contribution is 1.95. The number of pyridine rings is 1. The topological polar surface area (TPSA) is 57.2 Å². The lowest BCUT2D eigenvalue weighted by Crippen LogP contribution is -2.14. The number of nitrogens with zero attached hydrogens (tertiary/aromatic N) is 1. The van der Waals surface area contributed by atoms with Crippen molar-refractivity contribution in [3.8, 4) is 0 Å². The van der Waals surface area contributed by atoms with Gasteiger partial charge >= 0.3 is 0 Å². The van der Waals surface area contributed by atoms with E-state index >= 15 is 0 Å². The highest BCUT2D eigenvalue weighted by atomic mass is 16.5. The van der Waals surface area contributed by atoms with E-state index in [0.717, 1.165) is 13.2 Å². The highest BCUT2D eigenvalue weighted by molar-refractivity contribution is 5.33. The number of nitrogen functional groups attached to an aromatic ring is 1. The number of hydrogen-bond acceptors (Lipinski definition) is 3. The molecule has 84 valence electrons. The number of rotatable bonds is 5. The third kappa shape index (κ3) is 4.16. The number of aromatic nitrogens is 1. The third-order valence-corrected chi connectivity index (χ3v) is 1.95. The molecule has 1 heterocycles. The van der Waals surface area contributed by atoms with Crippen molar-refractivity contribution in [3.05, 3.63) is 28.7 Å². The zero-order valence-corrected chi connectivity index (χ0v) is 9.27. The summed E-state index contributed by atoms with van der Waals surface area (Å²) in [5.41, 5.74) is 5.65. The molecule has 1 rings (SSSR count). The van der Waals surface area contributed by atoms with Crippen LogP contribution in [-0.4, -0.2) is 17.8 Å². The molecule has 0 fully saturated rings. The van der Waals surface area contributed by atoms with Crippen molar-refractivity contribution in [2.24, 2.45) is 5.92 Å². The Hall–Kier alpha value is -1.29. The van der Waals surface area contributed by atoms with Crippen LogP contribution in [0.25, 0.3) is 0 Å². The maximum atomic E-state index is 11.0. The first-order valence-electron chi connectivity index (χ1n) is 5.13. The van der Waals surface area contributed by atoms with Crippen molar-refractivity contribution < 1.29 is 4.74 Å². The molecule has 0 aliphatic heterocycles. The van der Waals surface area contributed by atoms with E-state index in [9.17, 15) is 4.79 Å². The highest BCUT2D eigenvalue weighted by Gasteiger charge is 1.96. The molecule has 0 saturated heterocycles. The number of hydrogen-bond donors (Lipinski definition) is 1. The van der Waals surface area contributed by atoms with Gasteiger partial charge in [0.15, 0.2) is 0 Å². The minimum absolute atomic E-state index is 0.130. The summed E-state index contributed by atoms with van der Waals surface area (Å²) >= 11 is 0. The Morgan fingerprint density at radius 2 is 2.27 bits per heavy atom. The Balaban J connectivity index is 2.38. The van der Waals surface area contributed by atoms with Gasteiger partial charge < -0.3 is 15.0 Å². The van der Waals surface area contributed by atoms with Gasteiger partial charge in [-0.15, -0.1) is 0 Å². The van der Waals surface area contributed by atoms with E-state index in [4.69, 9.17) is 10.5 Å². The quantitative estimate of drug-likeness (QED) is 0.740. The van der Waals surface area contributed by atoms with Crippen LogP contribution in [0.2, 0.25) is 0 Å². The molecule has 15 heavy (non-hydrogen) atoms. The second-order valence-corrected chi connectivity index (χ2v) is 3.97. The van der Waals surface area contributed by atoms with Gasteiger partial charge in [-0.1, -0.05) is 13.8 Å². The Kier molecular flexibility index (Phi) is 4.37. The zero-order valence-electron chi connectivity index (χ0n) is 9.27. The Labute approximate surface area is 89.7 Å². The van der Waals surface area contributed by atoms with Gasteiger partial charge in [0, 0.05) is 31.6 Å². The predicted molar refractivity (Wildman–Crippen MR) is 60.8 cm³/mol. The molecule has 0 aliphatic rings. The number of nitrogens with two attached hydrogens (primary N) is 1. The van der Waals surface area contributed by atoms with E-state index in [-0.39, 0.29) is 11.1 Å². The first-order valence-corrected chi connectivity index (χ1v) is 5.13. The molecule has 4 nitrogen and oxygen atoms in total. The van der Waals surface area contributed by atoms with Crippen LogP contribution in [0.1, 0.15) is 13.8 Å². The van der Waals surface area contributed by atoms with Gasteiger partial charge in [-0.3, -0.25) is 4.79 Å². The van der Waals surface area contributed by atoms with Crippen molar-refractivity contribution in [3.63, 3.8) is 0 Å². The summed E-state index contributed by atoms with van der Waals surface area (Å²) in [6.45, 7) is 6.34. The smallest absolute Gasteiger partial charge is 0.204 e. The van der Waals surface area contributed by atoms with Crippen molar-refractivity contribution in [1.29, 1.82) is 0 Å². The van der Waals surface area contributed by atoms with Crippen molar-refractivity contribution >= 4 is 5.69 Å². The van der Waals surface area contributed by atoms with Gasteiger partial charge in [-0.2, -0.15) is 0 Å². The van der Waals surface area contributed by atoms with E-state index < -0.39 is 0 Å². The number of ether oxygens (including phenoxy) is 1. The lowest BCUT2D eigenvalue weighted by Gasteiger charge is -2.09. The summed E-state index contributed by atoms with van der Waals surface area (Å²) in [6, 6.07) is 1.47. The van der Waals surface area contributed by atoms with E-state index in [1.807, 2.05) is 4.57 Å². The molecule has 0 aliphatic carbocycles. The monoisotopic (exact) mass is 210 g/mol. The summed E-state index contributed by atoms with van der Waals surface area (Å²) < 4.78 is 7.29. The SMILES string of the molecule is CC(C)COCCn1ccc(=O)c(N)c1. The molecule has 1 aromatic heterocycles. The van der Waals surface area contributed by atoms with Crippen LogP contribution in [0.4, 0.5) is 5.69 Å². The lowest BCUT2D eigenvalue weighted by molar-refractivity contribution is 0.103. The van der Waals surface area contributed by atoms with Crippen LogP contribution in [0.15, 0.2) is 23.3 Å². The first-order chi connectivity index (χ1) is 7.09. The van der Waals surface area contributed by atoms with E-state index in [0.29, 0.717) is 12.5 Å². The summed E-state index contributed by atoms with van der Waals surface area (Å²) in [7, 11) is 0. The van der Waals surface area contributed by atoms with Crippen LogP contribution in [0.3, 0.4) is 0 Å². The normalized spacial score (nSPS) is 10.9. The molecule has 1 aromatic rings. The van der Waals surface area contributed by atoms with Gasteiger partial charge in [0.05, 0.1) is 12.3 Å². The number of anilines is 1. The van der Waals surface area contributed by atoms with E-state index in [2.05, 4.69) is 13.8 Å². The molecule has 0 unspecified atom stereocenters. The van der Waals surface area contributed by atoms with Crippen LogP contribution in [0.5, 0.6) is 0 Å².